The predicted molar refractivity (Wildman–Crippen MR) is 50.2 cm³/mol. The highest BCUT2D eigenvalue weighted by molar-refractivity contribution is 5.40. The molecule has 0 unspecified atom stereocenters. The van der Waals surface area contributed by atoms with Crippen molar-refractivity contribution in [3.8, 4) is 0 Å². The molecular formula is C10H12FNO2. The van der Waals surface area contributed by atoms with Gasteiger partial charge in [0.15, 0.2) is 0 Å². The van der Waals surface area contributed by atoms with Crippen LogP contribution in [0.5, 0.6) is 0 Å². The fourth-order valence-electron chi connectivity index (χ4n) is 1.20. The third kappa shape index (κ3) is 2.02. The molecule has 1 heterocycles. The molecule has 0 saturated carbocycles. The van der Waals surface area contributed by atoms with Gasteiger partial charge in [-0.15, -0.1) is 0 Å². The highest BCUT2D eigenvalue weighted by atomic mass is 19.1. The normalized spacial score (nSPS) is 16.6. The number of hydrogen-bond acceptors (Lipinski definition) is 3. The maximum atomic E-state index is 13.2. The Kier molecular flexibility index (Phi) is 2.65. The van der Waals surface area contributed by atoms with E-state index in [9.17, 15) is 4.39 Å². The van der Waals surface area contributed by atoms with Crippen LogP contribution in [0.4, 0.5) is 10.1 Å². The van der Waals surface area contributed by atoms with Crippen LogP contribution < -0.4 is 5.73 Å². The number of halogens is 1. The summed E-state index contributed by atoms with van der Waals surface area (Å²) in [4.78, 5) is 0. The van der Waals surface area contributed by atoms with Crippen molar-refractivity contribution in [1.29, 1.82) is 0 Å². The first-order valence-electron chi connectivity index (χ1n) is 4.49. The Hall–Kier alpha value is -1.13. The van der Waals surface area contributed by atoms with Crippen molar-refractivity contribution in [2.75, 3.05) is 18.9 Å². The second kappa shape index (κ2) is 3.94. The first-order chi connectivity index (χ1) is 6.75. The number of benzene rings is 1. The van der Waals surface area contributed by atoms with Gasteiger partial charge in [-0.1, -0.05) is 6.07 Å². The van der Waals surface area contributed by atoms with Crippen LogP contribution in [0.2, 0.25) is 0 Å². The first kappa shape index (κ1) is 9.43. The summed E-state index contributed by atoms with van der Waals surface area (Å²) in [6, 6.07) is 4.61. The van der Waals surface area contributed by atoms with Crippen LogP contribution in [0.1, 0.15) is 5.56 Å². The smallest absolute Gasteiger partial charge is 0.130 e. The summed E-state index contributed by atoms with van der Waals surface area (Å²) in [7, 11) is 0. The van der Waals surface area contributed by atoms with Gasteiger partial charge in [0.1, 0.15) is 11.9 Å². The lowest BCUT2D eigenvalue weighted by atomic mass is 10.2. The summed E-state index contributed by atoms with van der Waals surface area (Å²) in [6.45, 7) is 1.49. The fraction of sp³-hybridized carbons (Fsp3) is 0.400. The number of nitrogens with two attached hydrogens (primary N) is 1. The van der Waals surface area contributed by atoms with E-state index in [4.69, 9.17) is 15.2 Å². The van der Waals surface area contributed by atoms with E-state index in [0.717, 1.165) is 0 Å². The zero-order valence-electron chi connectivity index (χ0n) is 7.70. The lowest BCUT2D eigenvalue weighted by molar-refractivity contribution is -0.135. The molecule has 4 heteroatoms. The predicted octanol–water partition coefficient (Wildman–Crippen LogP) is 1.32. The van der Waals surface area contributed by atoms with Gasteiger partial charge in [-0.2, -0.15) is 0 Å². The molecule has 0 atom stereocenters. The van der Waals surface area contributed by atoms with Gasteiger partial charge in [0.05, 0.1) is 19.8 Å². The second-order valence-corrected chi connectivity index (χ2v) is 3.32. The van der Waals surface area contributed by atoms with E-state index < -0.39 is 0 Å². The van der Waals surface area contributed by atoms with Gasteiger partial charge in [-0.3, -0.25) is 0 Å². The van der Waals surface area contributed by atoms with Crippen molar-refractivity contribution in [2.24, 2.45) is 0 Å². The van der Waals surface area contributed by atoms with Crippen LogP contribution in [0.3, 0.4) is 0 Å². The Morgan fingerprint density at radius 3 is 2.86 bits per heavy atom. The van der Waals surface area contributed by atoms with Crippen LogP contribution >= 0.6 is 0 Å². The summed E-state index contributed by atoms with van der Waals surface area (Å²) in [6.07, 6.45) is 0.118. The summed E-state index contributed by atoms with van der Waals surface area (Å²) in [5, 5.41) is 0. The van der Waals surface area contributed by atoms with E-state index in [2.05, 4.69) is 0 Å². The molecule has 0 radical (unpaired) electrons. The first-order valence-corrected chi connectivity index (χ1v) is 4.49. The van der Waals surface area contributed by atoms with E-state index in [1.807, 2.05) is 0 Å². The molecule has 0 spiro atoms. The van der Waals surface area contributed by atoms with Gasteiger partial charge in [0.2, 0.25) is 0 Å². The molecule has 1 saturated heterocycles. The topological polar surface area (TPSA) is 44.5 Å². The molecular weight excluding hydrogens is 185 g/mol. The number of rotatable bonds is 3. The quantitative estimate of drug-likeness (QED) is 0.743. The lowest BCUT2D eigenvalue weighted by Crippen LogP contribution is -2.35. The maximum absolute atomic E-state index is 13.2. The molecule has 0 amide bonds. The van der Waals surface area contributed by atoms with Crippen molar-refractivity contribution in [3.63, 3.8) is 0 Å². The highest BCUT2D eigenvalue weighted by Gasteiger charge is 2.19. The van der Waals surface area contributed by atoms with Gasteiger partial charge < -0.3 is 15.2 Å². The molecule has 76 valence electrons. The minimum Gasteiger partial charge on any atom is -0.399 e. The van der Waals surface area contributed by atoms with E-state index in [1.54, 1.807) is 12.1 Å². The van der Waals surface area contributed by atoms with E-state index in [0.29, 0.717) is 24.5 Å². The molecule has 14 heavy (non-hydrogen) atoms. The van der Waals surface area contributed by atoms with Crippen molar-refractivity contribution in [1.82, 2.24) is 0 Å². The van der Waals surface area contributed by atoms with E-state index in [-0.39, 0.29) is 18.5 Å². The van der Waals surface area contributed by atoms with Gasteiger partial charge in [0.25, 0.3) is 0 Å². The van der Waals surface area contributed by atoms with Crippen LogP contribution in [0, 0.1) is 5.82 Å². The number of ether oxygens (including phenoxy) is 2. The molecule has 1 aliphatic rings. The number of nitrogen functional groups attached to an aromatic ring is 1. The molecule has 0 aromatic heterocycles. The third-order valence-electron chi connectivity index (χ3n) is 2.16. The van der Waals surface area contributed by atoms with E-state index in [1.165, 1.54) is 6.07 Å². The average molecular weight is 197 g/mol. The molecule has 1 aromatic carbocycles. The Bertz CT molecular complexity index is 326. The van der Waals surface area contributed by atoms with Gasteiger partial charge in [-0.25, -0.2) is 4.39 Å². The van der Waals surface area contributed by atoms with Crippen molar-refractivity contribution < 1.29 is 13.9 Å². The standard InChI is InChI=1S/C10H12FNO2/c11-10-3-8(12)2-1-7(10)4-14-9-5-13-6-9/h1-3,9H,4-6,12H2. The average Bonchev–Trinajstić information content (AvgIpc) is 2.05. The van der Waals surface area contributed by atoms with Crippen LogP contribution in [-0.2, 0) is 16.1 Å². The fourth-order valence-corrected chi connectivity index (χ4v) is 1.20. The summed E-state index contributed by atoms with van der Waals surface area (Å²) in [5.41, 5.74) is 6.38. The SMILES string of the molecule is Nc1ccc(COC2COC2)c(F)c1. The molecule has 1 fully saturated rings. The molecule has 2 rings (SSSR count). The van der Waals surface area contributed by atoms with Crippen LogP contribution in [-0.4, -0.2) is 19.3 Å². The van der Waals surface area contributed by atoms with Crippen molar-refractivity contribution in [3.05, 3.63) is 29.6 Å². The Morgan fingerprint density at radius 2 is 2.29 bits per heavy atom. The Balaban J connectivity index is 1.94. The number of hydrogen-bond donors (Lipinski definition) is 1. The maximum Gasteiger partial charge on any atom is 0.130 e. The largest absolute Gasteiger partial charge is 0.399 e. The third-order valence-corrected chi connectivity index (χ3v) is 2.16. The second-order valence-electron chi connectivity index (χ2n) is 3.32. The molecule has 0 bridgehead atoms. The van der Waals surface area contributed by atoms with Gasteiger partial charge >= 0.3 is 0 Å². The van der Waals surface area contributed by atoms with Gasteiger partial charge in [0, 0.05) is 11.3 Å². The van der Waals surface area contributed by atoms with E-state index >= 15 is 0 Å². The van der Waals surface area contributed by atoms with Crippen LogP contribution in [0.15, 0.2) is 18.2 Å². The Labute approximate surface area is 81.6 Å². The van der Waals surface area contributed by atoms with Crippen LogP contribution in [0.25, 0.3) is 0 Å². The lowest BCUT2D eigenvalue weighted by Gasteiger charge is -2.26. The molecule has 1 aliphatic heterocycles. The summed E-state index contributed by atoms with van der Waals surface area (Å²) in [5.74, 6) is -0.315. The zero-order chi connectivity index (χ0) is 9.97. The molecule has 0 aliphatic carbocycles. The minimum absolute atomic E-state index is 0.118. The number of anilines is 1. The minimum atomic E-state index is -0.315. The van der Waals surface area contributed by atoms with Crippen molar-refractivity contribution >= 4 is 5.69 Å². The molecule has 2 N–H and O–H groups in total. The van der Waals surface area contributed by atoms with Gasteiger partial charge in [-0.05, 0) is 12.1 Å². The summed E-state index contributed by atoms with van der Waals surface area (Å²) >= 11 is 0. The highest BCUT2D eigenvalue weighted by Crippen LogP contribution is 2.15. The van der Waals surface area contributed by atoms with Crippen molar-refractivity contribution in [2.45, 2.75) is 12.7 Å². The Morgan fingerprint density at radius 1 is 1.50 bits per heavy atom. The molecule has 1 aromatic rings. The summed E-state index contributed by atoms with van der Waals surface area (Å²) < 4.78 is 23.5. The molecule has 3 nitrogen and oxygen atoms in total. The monoisotopic (exact) mass is 197 g/mol. The zero-order valence-corrected chi connectivity index (χ0v) is 7.70.